The van der Waals surface area contributed by atoms with Gasteiger partial charge in [0.25, 0.3) is 0 Å². The minimum absolute atomic E-state index is 0.442. The molecular weight excluding hydrogens is 198 g/mol. The van der Waals surface area contributed by atoms with E-state index in [4.69, 9.17) is 10.8 Å². The molecule has 2 rings (SSSR count). The van der Waals surface area contributed by atoms with Crippen molar-refractivity contribution in [2.24, 2.45) is 0 Å². The summed E-state index contributed by atoms with van der Waals surface area (Å²) in [5, 5.41) is 0. The maximum Gasteiger partial charge on any atom is 0.196 e. The lowest BCUT2D eigenvalue weighted by atomic mass is 10.0. The largest absolute Gasteiger partial charge is 0.440 e. The quantitative estimate of drug-likeness (QED) is 0.729. The van der Waals surface area contributed by atoms with Gasteiger partial charge >= 0.3 is 0 Å². The zero-order chi connectivity index (χ0) is 11.5. The molecule has 0 atom stereocenters. The molecule has 0 saturated carbocycles. The first-order chi connectivity index (χ1) is 7.72. The van der Waals surface area contributed by atoms with Gasteiger partial charge in [-0.15, -0.1) is 12.3 Å². The first kappa shape index (κ1) is 10.8. The maximum absolute atomic E-state index is 5.76. The van der Waals surface area contributed by atoms with Crippen LogP contribution in [0.3, 0.4) is 0 Å². The molecule has 0 aliphatic carbocycles. The van der Waals surface area contributed by atoms with Gasteiger partial charge in [-0.1, -0.05) is 26.0 Å². The summed E-state index contributed by atoms with van der Waals surface area (Å²) in [7, 11) is 0. The molecule has 2 heteroatoms. The molecular formula is C14H15NO. The van der Waals surface area contributed by atoms with Gasteiger partial charge in [0.05, 0.1) is 0 Å². The van der Waals surface area contributed by atoms with Crippen LogP contribution in [0, 0.1) is 12.3 Å². The highest BCUT2D eigenvalue weighted by Gasteiger charge is 2.11. The van der Waals surface area contributed by atoms with E-state index in [1.54, 1.807) is 0 Å². The summed E-state index contributed by atoms with van der Waals surface area (Å²) in [6, 6.07) is 6.08. The van der Waals surface area contributed by atoms with Gasteiger partial charge in [-0.25, -0.2) is 4.98 Å². The van der Waals surface area contributed by atoms with E-state index in [1.165, 1.54) is 5.56 Å². The van der Waals surface area contributed by atoms with Crippen LogP contribution in [0.1, 0.15) is 37.6 Å². The van der Waals surface area contributed by atoms with E-state index >= 15 is 0 Å². The first-order valence-electron chi connectivity index (χ1n) is 5.54. The second-order valence-electron chi connectivity index (χ2n) is 4.16. The Kier molecular flexibility index (Phi) is 2.96. The Morgan fingerprint density at radius 1 is 1.44 bits per heavy atom. The third-order valence-electron chi connectivity index (χ3n) is 2.59. The number of hydrogen-bond donors (Lipinski definition) is 0. The van der Waals surface area contributed by atoms with Crippen LogP contribution in [-0.4, -0.2) is 4.98 Å². The smallest absolute Gasteiger partial charge is 0.196 e. The average Bonchev–Trinajstić information content (AvgIpc) is 2.68. The molecule has 16 heavy (non-hydrogen) atoms. The van der Waals surface area contributed by atoms with Crippen LogP contribution in [0.15, 0.2) is 22.6 Å². The zero-order valence-electron chi connectivity index (χ0n) is 9.66. The van der Waals surface area contributed by atoms with Crippen molar-refractivity contribution < 1.29 is 4.42 Å². The minimum Gasteiger partial charge on any atom is -0.440 e. The molecule has 1 heterocycles. The normalized spacial score (nSPS) is 10.9. The van der Waals surface area contributed by atoms with Crippen LogP contribution in [0.4, 0.5) is 0 Å². The summed E-state index contributed by atoms with van der Waals surface area (Å²) < 4.78 is 5.76. The molecule has 0 aliphatic rings. The second-order valence-corrected chi connectivity index (χ2v) is 4.16. The molecule has 0 N–H and O–H groups in total. The van der Waals surface area contributed by atoms with Crippen molar-refractivity contribution >= 4 is 11.1 Å². The Hall–Kier alpha value is -1.75. The van der Waals surface area contributed by atoms with Gasteiger partial charge in [-0.05, 0) is 17.5 Å². The molecule has 0 bridgehead atoms. The number of benzene rings is 1. The molecule has 0 aliphatic heterocycles. The van der Waals surface area contributed by atoms with E-state index < -0.39 is 0 Å². The highest BCUT2D eigenvalue weighted by molar-refractivity contribution is 5.76. The first-order valence-corrected chi connectivity index (χ1v) is 5.54. The average molecular weight is 213 g/mol. The topological polar surface area (TPSA) is 26.0 Å². The van der Waals surface area contributed by atoms with Crippen molar-refractivity contribution in [2.75, 3.05) is 0 Å². The molecule has 0 fully saturated rings. The van der Waals surface area contributed by atoms with Crippen LogP contribution in [0.25, 0.3) is 11.1 Å². The van der Waals surface area contributed by atoms with Crippen LogP contribution < -0.4 is 0 Å². The zero-order valence-corrected chi connectivity index (χ0v) is 9.66. The third kappa shape index (κ3) is 1.94. The van der Waals surface area contributed by atoms with E-state index in [-0.39, 0.29) is 0 Å². The summed E-state index contributed by atoms with van der Waals surface area (Å²) in [6.45, 7) is 4.30. The fourth-order valence-electron chi connectivity index (χ4n) is 1.76. The monoisotopic (exact) mass is 213 g/mol. The van der Waals surface area contributed by atoms with Crippen molar-refractivity contribution in [3.8, 4) is 12.3 Å². The predicted molar refractivity (Wildman–Crippen MR) is 65.3 cm³/mol. The lowest BCUT2D eigenvalue weighted by Gasteiger charge is -2.03. The number of rotatable bonds is 3. The van der Waals surface area contributed by atoms with E-state index in [0.717, 1.165) is 17.0 Å². The van der Waals surface area contributed by atoms with Crippen molar-refractivity contribution in [1.29, 1.82) is 0 Å². The standard InChI is InChI=1S/C14H15NO/c1-4-5-9-13-15-12-8-6-7-11(10(2)3)14(12)16-13/h1,6-8,10H,5,9H2,2-3H3. The molecule has 2 aromatic rings. The lowest BCUT2D eigenvalue weighted by molar-refractivity contribution is 0.527. The highest BCUT2D eigenvalue weighted by Crippen LogP contribution is 2.26. The molecule has 2 nitrogen and oxygen atoms in total. The predicted octanol–water partition coefficient (Wildman–Crippen LogP) is 3.52. The summed E-state index contributed by atoms with van der Waals surface area (Å²) in [5.41, 5.74) is 3.04. The SMILES string of the molecule is C#CCCc1nc2cccc(C(C)C)c2o1. The molecule has 0 spiro atoms. The van der Waals surface area contributed by atoms with Gasteiger partial charge in [0, 0.05) is 12.8 Å². The van der Waals surface area contributed by atoms with Crippen LogP contribution in [-0.2, 0) is 6.42 Å². The van der Waals surface area contributed by atoms with Gasteiger partial charge in [-0.2, -0.15) is 0 Å². The maximum atomic E-state index is 5.76. The van der Waals surface area contributed by atoms with Gasteiger partial charge in [0.15, 0.2) is 11.5 Å². The number of terminal acetylenes is 1. The molecule has 0 radical (unpaired) electrons. The summed E-state index contributed by atoms with van der Waals surface area (Å²) in [5.74, 6) is 3.78. The Morgan fingerprint density at radius 2 is 2.25 bits per heavy atom. The summed E-state index contributed by atoms with van der Waals surface area (Å²) in [6.07, 6.45) is 6.61. The van der Waals surface area contributed by atoms with Crippen LogP contribution >= 0.6 is 0 Å². The van der Waals surface area contributed by atoms with Gasteiger partial charge < -0.3 is 4.42 Å². The Bertz CT molecular complexity index is 531. The van der Waals surface area contributed by atoms with Crippen molar-refractivity contribution in [3.63, 3.8) is 0 Å². The van der Waals surface area contributed by atoms with Gasteiger partial charge in [0.1, 0.15) is 5.52 Å². The molecule has 0 unspecified atom stereocenters. The highest BCUT2D eigenvalue weighted by atomic mass is 16.3. The third-order valence-corrected chi connectivity index (χ3v) is 2.59. The van der Waals surface area contributed by atoms with E-state index in [0.29, 0.717) is 18.8 Å². The fourth-order valence-corrected chi connectivity index (χ4v) is 1.76. The fraction of sp³-hybridized carbons (Fsp3) is 0.357. The molecule has 82 valence electrons. The molecule has 0 amide bonds. The van der Waals surface area contributed by atoms with E-state index in [9.17, 15) is 0 Å². The van der Waals surface area contributed by atoms with Crippen molar-refractivity contribution in [3.05, 3.63) is 29.7 Å². The lowest BCUT2D eigenvalue weighted by Crippen LogP contribution is -1.86. The van der Waals surface area contributed by atoms with E-state index in [2.05, 4.69) is 30.8 Å². The van der Waals surface area contributed by atoms with E-state index in [1.807, 2.05) is 12.1 Å². The number of para-hydroxylation sites is 1. The molecule has 1 aromatic carbocycles. The van der Waals surface area contributed by atoms with Crippen molar-refractivity contribution in [1.82, 2.24) is 4.98 Å². The number of nitrogens with zero attached hydrogens (tertiary/aromatic N) is 1. The summed E-state index contributed by atoms with van der Waals surface area (Å²) >= 11 is 0. The van der Waals surface area contributed by atoms with Gasteiger partial charge in [0.2, 0.25) is 0 Å². The number of aromatic nitrogens is 1. The Balaban J connectivity index is 2.45. The minimum atomic E-state index is 0.442. The Labute approximate surface area is 95.7 Å². The van der Waals surface area contributed by atoms with Crippen LogP contribution in [0.5, 0.6) is 0 Å². The van der Waals surface area contributed by atoms with Gasteiger partial charge in [-0.3, -0.25) is 0 Å². The number of oxazole rings is 1. The molecule has 0 saturated heterocycles. The molecule has 1 aromatic heterocycles. The Morgan fingerprint density at radius 3 is 2.94 bits per heavy atom. The van der Waals surface area contributed by atoms with Crippen molar-refractivity contribution in [2.45, 2.75) is 32.6 Å². The number of aryl methyl sites for hydroxylation is 1. The number of fused-ring (bicyclic) bond motifs is 1. The van der Waals surface area contributed by atoms with Crippen LogP contribution in [0.2, 0.25) is 0 Å². The second kappa shape index (κ2) is 4.40. The number of hydrogen-bond acceptors (Lipinski definition) is 2. The summed E-state index contributed by atoms with van der Waals surface area (Å²) in [4.78, 5) is 4.43.